The van der Waals surface area contributed by atoms with Crippen molar-refractivity contribution in [3.8, 4) is 0 Å². The summed E-state index contributed by atoms with van der Waals surface area (Å²) in [5.41, 5.74) is 2.87. The quantitative estimate of drug-likeness (QED) is 0.814. The number of hydrogen-bond donors (Lipinski definition) is 1. The molecule has 0 aromatic heterocycles. The van der Waals surface area contributed by atoms with E-state index in [4.69, 9.17) is 0 Å². The van der Waals surface area contributed by atoms with Gasteiger partial charge in [0, 0.05) is 6.04 Å². The van der Waals surface area contributed by atoms with Gasteiger partial charge < -0.3 is 5.32 Å². The van der Waals surface area contributed by atoms with Crippen LogP contribution in [-0.2, 0) is 6.42 Å². The van der Waals surface area contributed by atoms with E-state index < -0.39 is 0 Å². The number of rotatable bonds is 5. The van der Waals surface area contributed by atoms with Crippen LogP contribution in [-0.4, -0.2) is 12.6 Å². The van der Waals surface area contributed by atoms with Crippen molar-refractivity contribution in [2.45, 2.75) is 52.0 Å². The van der Waals surface area contributed by atoms with Crippen LogP contribution in [0, 0.1) is 12.8 Å². The first-order chi connectivity index (χ1) is 8.29. The molecule has 2 unspecified atom stereocenters. The van der Waals surface area contributed by atoms with E-state index in [0.29, 0.717) is 0 Å². The fourth-order valence-electron chi connectivity index (χ4n) is 2.91. The van der Waals surface area contributed by atoms with E-state index >= 15 is 0 Å². The van der Waals surface area contributed by atoms with E-state index in [9.17, 15) is 0 Å². The molecule has 0 radical (unpaired) electrons. The summed E-state index contributed by atoms with van der Waals surface area (Å²) in [6.07, 6.45) is 6.67. The van der Waals surface area contributed by atoms with E-state index in [-0.39, 0.29) is 0 Å². The van der Waals surface area contributed by atoms with Gasteiger partial charge in [0.15, 0.2) is 0 Å². The molecule has 1 N–H and O–H groups in total. The highest BCUT2D eigenvalue weighted by atomic mass is 14.9. The maximum atomic E-state index is 3.71. The summed E-state index contributed by atoms with van der Waals surface area (Å²) in [5, 5.41) is 3.71. The Morgan fingerprint density at radius 1 is 1.18 bits per heavy atom. The lowest BCUT2D eigenvalue weighted by atomic mass is 9.94. The molecule has 1 fully saturated rings. The zero-order chi connectivity index (χ0) is 12.1. The molecule has 1 nitrogen and oxygen atoms in total. The van der Waals surface area contributed by atoms with E-state index in [1.165, 1.54) is 49.8 Å². The van der Waals surface area contributed by atoms with Crippen molar-refractivity contribution in [2.24, 2.45) is 5.92 Å². The second-order valence-corrected chi connectivity index (χ2v) is 5.44. The SMILES string of the molecule is CCCNC1CCCC1Cc1ccc(C)cc1. The maximum absolute atomic E-state index is 3.71. The topological polar surface area (TPSA) is 12.0 Å². The maximum Gasteiger partial charge on any atom is 0.00985 e. The highest BCUT2D eigenvalue weighted by molar-refractivity contribution is 5.22. The van der Waals surface area contributed by atoms with E-state index in [1.54, 1.807) is 0 Å². The molecule has 1 heteroatoms. The lowest BCUT2D eigenvalue weighted by Crippen LogP contribution is -2.33. The van der Waals surface area contributed by atoms with Crippen molar-refractivity contribution in [1.29, 1.82) is 0 Å². The Kier molecular flexibility index (Phi) is 4.61. The molecule has 2 rings (SSSR count). The Hall–Kier alpha value is -0.820. The van der Waals surface area contributed by atoms with Crippen LogP contribution in [0.4, 0.5) is 0 Å². The Labute approximate surface area is 106 Å². The molecule has 2 atom stereocenters. The smallest absolute Gasteiger partial charge is 0.00985 e. The summed E-state index contributed by atoms with van der Waals surface area (Å²) >= 11 is 0. The van der Waals surface area contributed by atoms with E-state index in [2.05, 4.69) is 43.4 Å². The van der Waals surface area contributed by atoms with Crippen molar-refractivity contribution in [2.75, 3.05) is 6.54 Å². The van der Waals surface area contributed by atoms with Crippen LogP contribution in [0.3, 0.4) is 0 Å². The van der Waals surface area contributed by atoms with Gasteiger partial charge in [-0.15, -0.1) is 0 Å². The average Bonchev–Trinajstić information content (AvgIpc) is 2.77. The molecule has 0 amide bonds. The molecule has 0 aliphatic heterocycles. The fourth-order valence-corrected chi connectivity index (χ4v) is 2.91. The first-order valence-electron chi connectivity index (χ1n) is 7.08. The van der Waals surface area contributed by atoms with Crippen molar-refractivity contribution < 1.29 is 0 Å². The minimum atomic E-state index is 0.760. The first-order valence-corrected chi connectivity index (χ1v) is 7.08. The van der Waals surface area contributed by atoms with Crippen LogP contribution in [0.1, 0.15) is 43.7 Å². The van der Waals surface area contributed by atoms with Gasteiger partial charge in [0.05, 0.1) is 0 Å². The van der Waals surface area contributed by atoms with Gasteiger partial charge in [-0.2, -0.15) is 0 Å². The van der Waals surface area contributed by atoms with Crippen LogP contribution < -0.4 is 5.32 Å². The fraction of sp³-hybridized carbons (Fsp3) is 0.625. The summed E-state index contributed by atoms with van der Waals surface area (Å²) in [4.78, 5) is 0. The largest absolute Gasteiger partial charge is 0.314 e. The summed E-state index contributed by atoms with van der Waals surface area (Å²) in [5.74, 6) is 0.851. The average molecular weight is 231 g/mol. The standard InChI is InChI=1S/C16H25N/c1-3-11-17-16-6-4-5-15(16)12-14-9-7-13(2)8-10-14/h7-10,15-17H,3-6,11-12H2,1-2H3. The molecule has 1 saturated carbocycles. The van der Waals surface area contributed by atoms with Gasteiger partial charge in [-0.3, -0.25) is 0 Å². The summed E-state index contributed by atoms with van der Waals surface area (Å²) in [6, 6.07) is 9.82. The molecular weight excluding hydrogens is 206 g/mol. The van der Waals surface area contributed by atoms with Crippen LogP contribution in [0.15, 0.2) is 24.3 Å². The number of aryl methyl sites for hydroxylation is 1. The van der Waals surface area contributed by atoms with Crippen LogP contribution in [0.2, 0.25) is 0 Å². The minimum absolute atomic E-state index is 0.760. The third kappa shape index (κ3) is 3.57. The first kappa shape index (κ1) is 12.6. The molecule has 1 aliphatic carbocycles. The third-order valence-corrected chi connectivity index (χ3v) is 3.93. The van der Waals surface area contributed by atoms with Crippen LogP contribution >= 0.6 is 0 Å². The predicted molar refractivity (Wildman–Crippen MR) is 74.3 cm³/mol. The van der Waals surface area contributed by atoms with Crippen molar-refractivity contribution in [3.63, 3.8) is 0 Å². The molecule has 0 heterocycles. The number of benzene rings is 1. The van der Waals surface area contributed by atoms with Crippen LogP contribution in [0.5, 0.6) is 0 Å². The van der Waals surface area contributed by atoms with E-state index in [1.807, 2.05) is 0 Å². The molecule has 0 saturated heterocycles. The Morgan fingerprint density at radius 3 is 2.65 bits per heavy atom. The molecule has 1 aromatic carbocycles. The minimum Gasteiger partial charge on any atom is -0.314 e. The molecule has 1 aliphatic rings. The Balaban J connectivity index is 1.90. The molecule has 94 valence electrons. The molecule has 1 aromatic rings. The van der Waals surface area contributed by atoms with Gasteiger partial charge >= 0.3 is 0 Å². The normalized spacial score (nSPS) is 24.1. The number of nitrogens with one attached hydrogen (secondary N) is 1. The van der Waals surface area contributed by atoms with E-state index in [0.717, 1.165) is 12.0 Å². The third-order valence-electron chi connectivity index (χ3n) is 3.93. The van der Waals surface area contributed by atoms with Gasteiger partial charge in [-0.25, -0.2) is 0 Å². The molecule has 0 spiro atoms. The molecule has 0 bridgehead atoms. The van der Waals surface area contributed by atoms with Crippen molar-refractivity contribution in [3.05, 3.63) is 35.4 Å². The second-order valence-electron chi connectivity index (χ2n) is 5.44. The van der Waals surface area contributed by atoms with Gasteiger partial charge in [-0.1, -0.05) is 43.2 Å². The van der Waals surface area contributed by atoms with Gasteiger partial charge in [0.1, 0.15) is 0 Å². The van der Waals surface area contributed by atoms with Gasteiger partial charge in [0.25, 0.3) is 0 Å². The van der Waals surface area contributed by atoms with Gasteiger partial charge in [0.2, 0.25) is 0 Å². The highest BCUT2D eigenvalue weighted by Crippen LogP contribution is 2.28. The highest BCUT2D eigenvalue weighted by Gasteiger charge is 2.26. The summed E-state index contributed by atoms with van der Waals surface area (Å²) in [7, 11) is 0. The lowest BCUT2D eigenvalue weighted by Gasteiger charge is -2.21. The lowest BCUT2D eigenvalue weighted by molar-refractivity contribution is 0.399. The summed E-state index contributed by atoms with van der Waals surface area (Å²) in [6.45, 7) is 5.58. The Bertz CT molecular complexity index is 328. The molecule has 17 heavy (non-hydrogen) atoms. The van der Waals surface area contributed by atoms with Crippen LogP contribution in [0.25, 0.3) is 0 Å². The summed E-state index contributed by atoms with van der Waals surface area (Å²) < 4.78 is 0. The number of hydrogen-bond acceptors (Lipinski definition) is 1. The zero-order valence-corrected chi connectivity index (χ0v) is 11.2. The van der Waals surface area contributed by atoms with Crippen molar-refractivity contribution in [1.82, 2.24) is 5.32 Å². The van der Waals surface area contributed by atoms with Gasteiger partial charge in [-0.05, 0) is 50.6 Å². The zero-order valence-electron chi connectivity index (χ0n) is 11.2. The molecular formula is C16H25N. The van der Waals surface area contributed by atoms with Crippen molar-refractivity contribution >= 4 is 0 Å². The second kappa shape index (κ2) is 6.20. The predicted octanol–water partition coefficient (Wildman–Crippen LogP) is 3.71. The Morgan fingerprint density at radius 2 is 1.94 bits per heavy atom. The monoisotopic (exact) mass is 231 g/mol.